The van der Waals surface area contributed by atoms with E-state index in [-0.39, 0.29) is 17.9 Å². The van der Waals surface area contributed by atoms with Gasteiger partial charge in [-0.3, -0.25) is 19.7 Å². The average Bonchev–Trinajstić information content (AvgIpc) is 2.59. The Kier molecular flexibility index (Phi) is 5.77. The number of carbonyl (C=O) groups excluding carboxylic acids is 2. The van der Waals surface area contributed by atoms with Crippen molar-refractivity contribution in [3.8, 4) is 0 Å². The highest BCUT2D eigenvalue weighted by molar-refractivity contribution is 5.95. The number of benzene rings is 2. The zero-order chi connectivity index (χ0) is 18.2. The van der Waals surface area contributed by atoms with Gasteiger partial charge in [-0.05, 0) is 30.3 Å². The minimum Gasteiger partial charge on any atom is -0.386 e. The predicted octanol–water partition coefficient (Wildman–Crippen LogP) is 1.68. The molecule has 3 N–H and O–H groups in total. The highest BCUT2D eigenvalue weighted by atomic mass is 16.6. The van der Waals surface area contributed by atoms with Gasteiger partial charge in [-0.15, -0.1) is 0 Å². The van der Waals surface area contributed by atoms with Gasteiger partial charge in [-0.2, -0.15) is 0 Å². The van der Waals surface area contributed by atoms with Crippen molar-refractivity contribution in [3.63, 3.8) is 0 Å². The standard InChI is InChI=1S/C16H14N4O5/c17-16(22)11-5-7-13(8-6-11)19-15(21)10-25-18-9-12-3-1-2-4-14(12)20(23)24/h1-9H,10H2,(H2,17,22)(H,19,21)/b18-9+. The Labute approximate surface area is 142 Å². The van der Waals surface area contributed by atoms with Gasteiger partial charge in [0.25, 0.3) is 11.6 Å². The van der Waals surface area contributed by atoms with Gasteiger partial charge in [0.1, 0.15) is 0 Å². The van der Waals surface area contributed by atoms with Crippen LogP contribution in [-0.2, 0) is 9.63 Å². The summed E-state index contributed by atoms with van der Waals surface area (Å²) in [6.07, 6.45) is 1.16. The number of hydrogen-bond donors (Lipinski definition) is 2. The fourth-order valence-electron chi connectivity index (χ4n) is 1.87. The molecule has 2 amide bonds. The highest BCUT2D eigenvalue weighted by Gasteiger charge is 2.10. The van der Waals surface area contributed by atoms with Crippen LogP contribution in [0.1, 0.15) is 15.9 Å². The summed E-state index contributed by atoms with van der Waals surface area (Å²) in [6, 6.07) is 12.0. The molecule has 0 radical (unpaired) electrons. The van der Waals surface area contributed by atoms with Crippen LogP contribution in [0.5, 0.6) is 0 Å². The third kappa shape index (κ3) is 5.13. The van der Waals surface area contributed by atoms with Gasteiger partial charge in [0.2, 0.25) is 5.91 Å². The van der Waals surface area contributed by atoms with E-state index in [2.05, 4.69) is 10.5 Å². The molecule has 0 bridgehead atoms. The van der Waals surface area contributed by atoms with Gasteiger partial charge in [0.05, 0.1) is 16.7 Å². The van der Waals surface area contributed by atoms with Gasteiger partial charge in [-0.25, -0.2) is 0 Å². The number of carbonyl (C=O) groups is 2. The number of nitrogens with two attached hydrogens (primary N) is 1. The maximum absolute atomic E-state index is 11.7. The summed E-state index contributed by atoms with van der Waals surface area (Å²) >= 11 is 0. The molecule has 0 spiro atoms. The normalized spacial score (nSPS) is 10.4. The second-order valence-electron chi connectivity index (χ2n) is 4.81. The molecular formula is C16H14N4O5. The number of rotatable bonds is 7. The summed E-state index contributed by atoms with van der Waals surface area (Å²) in [5.41, 5.74) is 6.04. The van der Waals surface area contributed by atoms with E-state index in [0.29, 0.717) is 11.3 Å². The van der Waals surface area contributed by atoms with Crippen LogP contribution in [0.4, 0.5) is 11.4 Å². The first kappa shape index (κ1) is 17.6. The van der Waals surface area contributed by atoms with Crippen LogP contribution in [0.15, 0.2) is 53.7 Å². The number of anilines is 1. The van der Waals surface area contributed by atoms with Crippen molar-refractivity contribution in [2.24, 2.45) is 10.9 Å². The Morgan fingerprint density at radius 1 is 1.20 bits per heavy atom. The second-order valence-corrected chi connectivity index (χ2v) is 4.81. The molecule has 0 atom stereocenters. The number of para-hydroxylation sites is 1. The SMILES string of the molecule is NC(=O)c1ccc(NC(=O)CO/N=C/c2ccccc2[N+](=O)[O-])cc1. The number of nitrogens with one attached hydrogen (secondary N) is 1. The summed E-state index contributed by atoms with van der Waals surface area (Å²) in [5.74, 6) is -1.04. The van der Waals surface area contributed by atoms with Gasteiger partial charge in [0, 0.05) is 17.3 Å². The summed E-state index contributed by atoms with van der Waals surface area (Å²) in [4.78, 5) is 37.8. The van der Waals surface area contributed by atoms with E-state index in [0.717, 1.165) is 6.21 Å². The lowest BCUT2D eigenvalue weighted by molar-refractivity contribution is -0.385. The van der Waals surface area contributed by atoms with Gasteiger partial charge < -0.3 is 15.9 Å². The fraction of sp³-hybridized carbons (Fsp3) is 0.0625. The van der Waals surface area contributed by atoms with Gasteiger partial charge in [0.15, 0.2) is 6.61 Å². The molecule has 25 heavy (non-hydrogen) atoms. The average molecular weight is 342 g/mol. The van der Waals surface area contributed by atoms with E-state index < -0.39 is 16.7 Å². The van der Waals surface area contributed by atoms with E-state index in [4.69, 9.17) is 10.6 Å². The summed E-state index contributed by atoms with van der Waals surface area (Å²) in [7, 11) is 0. The number of amides is 2. The Bertz CT molecular complexity index is 818. The van der Waals surface area contributed by atoms with Crippen LogP contribution < -0.4 is 11.1 Å². The lowest BCUT2D eigenvalue weighted by atomic mass is 10.2. The first-order chi connectivity index (χ1) is 12.0. The molecule has 0 unspecified atom stereocenters. The van der Waals surface area contributed by atoms with Crippen molar-refractivity contribution in [1.29, 1.82) is 0 Å². The molecular weight excluding hydrogens is 328 g/mol. The molecule has 2 rings (SSSR count). The molecule has 0 aromatic heterocycles. The molecule has 2 aromatic rings. The first-order valence-electron chi connectivity index (χ1n) is 7.06. The van der Waals surface area contributed by atoms with Crippen molar-refractivity contribution in [3.05, 3.63) is 69.8 Å². The summed E-state index contributed by atoms with van der Waals surface area (Å²) in [5, 5.41) is 16.9. The number of hydrogen-bond acceptors (Lipinski definition) is 6. The molecule has 0 fully saturated rings. The Hall–Kier alpha value is -3.75. The minimum atomic E-state index is -0.564. The van der Waals surface area contributed by atoms with Crippen molar-refractivity contribution < 1.29 is 19.3 Å². The van der Waals surface area contributed by atoms with Crippen LogP contribution >= 0.6 is 0 Å². The molecule has 2 aromatic carbocycles. The molecule has 128 valence electrons. The van der Waals surface area contributed by atoms with E-state index in [1.165, 1.54) is 42.5 Å². The third-order valence-corrected chi connectivity index (χ3v) is 3.05. The quantitative estimate of drug-likeness (QED) is 0.448. The van der Waals surface area contributed by atoms with Crippen LogP contribution in [0.2, 0.25) is 0 Å². The number of nitrogens with zero attached hydrogens (tertiary/aromatic N) is 2. The summed E-state index contributed by atoms with van der Waals surface area (Å²) in [6.45, 7) is -0.380. The predicted molar refractivity (Wildman–Crippen MR) is 90.2 cm³/mol. The lowest BCUT2D eigenvalue weighted by Crippen LogP contribution is -2.17. The zero-order valence-corrected chi connectivity index (χ0v) is 12.9. The molecule has 0 aliphatic heterocycles. The minimum absolute atomic E-state index is 0.117. The van der Waals surface area contributed by atoms with Crippen molar-refractivity contribution in [2.75, 3.05) is 11.9 Å². The first-order valence-corrected chi connectivity index (χ1v) is 7.06. The number of nitro benzene ring substituents is 1. The molecule has 0 saturated carbocycles. The van der Waals surface area contributed by atoms with Crippen molar-refractivity contribution >= 4 is 29.4 Å². The maximum Gasteiger partial charge on any atom is 0.278 e. The molecule has 0 heterocycles. The van der Waals surface area contributed by atoms with Gasteiger partial charge in [-0.1, -0.05) is 17.3 Å². The smallest absolute Gasteiger partial charge is 0.278 e. The number of oxime groups is 1. The molecule has 0 aliphatic carbocycles. The van der Waals surface area contributed by atoms with E-state index in [1.807, 2.05) is 0 Å². The lowest BCUT2D eigenvalue weighted by Gasteiger charge is -2.04. The van der Waals surface area contributed by atoms with Gasteiger partial charge >= 0.3 is 0 Å². The largest absolute Gasteiger partial charge is 0.386 e. The van der Waals surface area contributed by atoms with Crippen LogP contribution in [0, 0.1) is 10.1 Å². The van der Waals surface area contributed by atoms with E-state index >= 15 is 0 Å². The Balaban J connectivity index is 1.86. The fourth-order valence-corrected chi connectivity index (χ4v) is 1.87. The highest BCUT2D eigenvalue weighted by Crippen LogP contribution is 2.15. The van der Waals surface area contributed by atoms with Crippen LogP contribution in [0.25, 0.3) is 0 Å². The van der Waals surface area contributed by atoms with Crippen molar-refractivity contribution in [2.45, 2.75) is 0 Å². The number of nitro groups is 1. The summed E-state index contributed by atoms with van der Waals surface area (Å²) < 4.78 is 0. The van der Waals surface area contributed by atoms with Crippen molar-refractivity contribution in [1.82, 2.24) is 0 Å². The third-order valence-electron chi connectivity index (χ3n) is 3.05. The molecule has 0 saturated heterocycles. The maximum atomic E-state index is 11.7. The molecule has 0 aliphatic rings. The van der Waals surface area contributed by atoms with Crippen LogP contribution in [-0.4, -0.2) is 29.6 Å². The molecule has 9 nitrogen and oxygen atoms in total. The Morgan fingerprint density at radius 2 is 1.88 bits per heavy atom. The topological polar surface area (TPSA) is 137 Å². The van der Waals surface area contributed by atoms with E-state index in [1.54, 1.807) is 6.07 Å². The van der Waals surface area contributed by atoms with E-state index in [9.17, 15) is 19.7 Å². The second kappa shape index (κ2) is 8.20. The zero-order valence-electron chi connectivity index (χ0n) is 12.9. The van der Waals surface area contributed by atoms with Crippen LogP contribution in [0.3, 0.4) is 0 Å². The monoisotopic (exact) mass is 342 g/mol. The molecule has 9 heteroatoms. The number of primary amides is 1. The Morgan fingerprint density at radius 3 is 2.52 bits per heavy atom.